The second kappa shape index (κ2) is 4.35. The first-order chi connectivity index (χ1) is 7.93. The van der Waals surface area contributed by atoms with E-state index in [0.717, 1.165) is 16.5 Å². The van der Waals surface area contributed by atoms with Gasteiger partial charge in [0.25, 0.3) is 0 Å². The van der Waals surface area contributed by atoms with Gasteiger partial charge in [0, 0.05) is 34.9 Å². The first kappa shape index (κ1) is 12.5. The number of rotatable bonds is 3. The van der Waals surface area contributed by atoms with Crippen molar-refractivity contribution in [1.82, 2.24) is 4.57 Å². The van der Waals surface area contributed by atoms with Gasteiger partial charge >= 0.3 is 0 Å². The fraction of sp³-hybridized carbons (Fsp3) is 0.333. The van der Waals surface area contributed by atoms with Gasteiger partial charge in [0.1, 0.15) is 0 Å². The highest BCUT2D eigenvalue weighted by Crippen LogP contribution is 2.25. The highest BCUT2D eigenvalue weighted by molar-refractivity contribution is 7.90. The lowest BCUT2D eigenvalue weighted by Gasteiger charge is -2.00. The van der Waals surface area contributed by atoms with Gasteiger partial charge in [0.05, 0.1) is 5.75 Å². The SMILES string of the molecule is CCS(=O)(=O)Cc1cn(C)c2ccc(Cl)cc12. The van der Waals surface area contributed by atoms with Gasteiger partial charge in [0.15, 0.2) is 9.84 Å². The molecule has 0 aliphatic carbocycles. The first-order valence-electron chi connectivity index (χ1n) is 5.37. The monoisotopic (exact) mass is 271 g/mol. The third-order valence-corrected chi connectivity index (χ3v) is 4.71. The summed E-state index contributed by atoms with van der Waals surface area (Å²) in [6.45, 7) is 1.66. The summed E-state index contributed by atoms with van der Waals surface area (Å²) in [6.07, 6.45) is 1.86. The van der Waals surface area contributed by atoms with Gasteiger partial charge < -0.3 is 4.57 Å². The Morgan fingerprint density at radius 2 is 2.06 bits per heavy atom. The van der Waals surface area contributed by atoms with Gasteiger partial charge in [-0.3, -0.25) is 0 Å². The van der Waals surface area contributed by atoms with Crippen LogP contribution in [0.4, 0.5) is 0 Å². The maximum atomic E-state index is 11.7. The molecule has 0 saturated heterocycles. The molecule has 5 heteroatoms. The summed E-state index contributed by atoms with van der Waals surface area (Å²) in [5, 5.41) is 1.54. The zero-order valence-corrected chi connectivity index (χ0v) is 11.3. The van der Waals surface area contributed by atoms with Crippen LogP contribution in [0.25, 0.3) is 10.9 Å². The Labute approximate surface area is 106 Å². The van der Waals surface area contributed by atoms with E-state index in [1.807, 2.05) is 36.0 Å². The van der Waals surface area contributed by atoms with Crippen LogP contribution in [0.5, 0.6) is 0 Å². The molecule has 2 rings (SSSR count). The summed E-state index contributed by atoms with van der Waals surface area (Å²) in [7, 11) is -1.12. The fourth-order valence-corrected chi connectivity index (χ4v) is 2.98. The number of fused-ring (bicyclic) bond motifs is 1. The van der Waals surface area contributed by atoms with Crippen molar-refractivity contribution >= 4 is 32.3 Å². The summed E-state index contributed by atoms with van der Waals surface area (Å²) in [5.41, 5.74) is 1.81. The number of aryl methyl sites for hydroxylation is 1. The van der Waals surface area contributed by atoms with E-state index < -0.39 is 9.84 Å². The molecule has 0 radical (unpaired) electrons. The van der Waals surface area contributed by atoms with E-state index >= 15 is 0 Å². The molecule has 0 spiro atoms. The largest absolute Gasteiger partial charge is 0.350 e. The second-order valence-electron chi connectivity index (χ2n) is 4.10. The average molecular weight is 272 g/mol. The van der Waals surface area contributed by atoms with E-state index in [4.69, 9.17) is 11.6 Å². The Kier molecular flexibility index (Phi) is 3.19. The molecule has 0 aliphatic heterocycles. The minimum Gasteiger partial charge on any atom is -0.350 e. The van der Waals surface area contributed by atoms with Gasteiger partial charge in [-0.05, 0) is 23.8 Å². The summed E-state index contributed by atoms with van der Waals surface area (Å²) >= 11 is 5.95. The van der Waals surface area contributed by atoms with Crippen LogP contribution >= 0.6 is 11.6 Å². The Morgan fingerprint density at radius 3 is 2.71 bits per heavy atom. The van der Waals surface area contributed by atoms with Gasteiger partial charge in [-0.2, -0.15) is 0 Å². The molecule has 17 heavy (non-hydrogen) atoms. The molecule has 0 unspecified atom stereocenters. The smallest absolute Gasteiger partial charge is 0.154 e. The number of aromatic nitrogens is 1. The van der Waals surface area contributed by atoms with Gasteiger partial charge in [-0.1, -0.05) is 18.5 Å². The van der Waals surface area contributed by atoms with Crippen LogP contribution in [0.3, 0.4) is 0 Å². The Balaban J connectivity index is 2.59. The standard InChI is InChI=1S/C12H14ClNO2S/c1-3-17(15,16)8-9-7-14(2)12-5-4-10(13)6-11(9)12/h4-7H,3,8H2,1-2H3. The van der Waals surface area contributed by atoms with Crippen molar-refractivity contribution in [2.24, 2.45) is 7.05 Å². The zero-order chi connectivity index (χ0) is 12.6. The van der Waals surface area contributed by atoms with Crippen molar-refractivity contribution in [2.75, 3.05) is 5.75 Å². The normalized spacial score (nSPS) is 12.2. The number of benzene rings is 1. The molecule has 0 amide bonds. The molecule has 0 atom stereocenters. The summed E-state index contributed by atoms with van der Waals surface area (Å²) in [5.74, 6) is 0.227. The van der Waals surface area contributed by atoms with Crippen LogP contribution < -0.4 is 0 Å². The predicted molar refractivity (Wildman–Crippen MR) is 71.1 cm³/mol. The maximum absolute atomic E-state index is 11.7. The number of hydrogen-bond donors (Lipinski definition) is 0. The quantitative estimate of drug-likeness (QED) is 0.861. The van der Waals surface area contributed by atoms with Crippen molar-refractivity contribution in [2.45, 2.75) is 12.7 Å². The minimum atomic E-state index is -3.02. The van der Waals surface area contributed by atoms with Gasteiger partial charge in [-0.15, -0.1) is 0 Å². The lowest BCUT2D eigenvalue weighted by molar-refractivity contribution is 0.596. The van der Waals surface area contributed by atoms with E-state index in [1.54, 1.807) is 6.92 Å². The van der Waals surface area contributed by atoms with Gasteiger partial charge in [-0.25, -0.2) is 8.42 Å². The lowest BCUT2D eigenvalue weighted by Crippen LogP contribution is -2.06. The molecule has 0 bridgehead atoms. The Morgan fingerprint density at radius 1 is 1.35 bits per heavy atom. The molecule has 1 heterocycles. The molecule has 0 saturated carbocycles. The molecule has 3 nitrogen and oxygen atoms in total. The summed E-state index contributed by atoms with van der Waals surface area (Å²) in [6, 6.07) is 5.53. The van der Waals surface area contributed by atoms with Crippen molar-refractivity contribution in [1.29, 1.82) is 0 Å². The highest BCUT2D eigenvalue weighted by atomic mass is 35.5. The van der Waals surface area contributed by atoms with E-state index in [2.05, 4.69) is 0 Å². The molecule has 1 aromatic carbocycles. The molecule has 92 valence electrons. The molecular weight excluding hydrogens is 258 g/mol. The molecule has 0 N–H and O–H groups in total. The van der Waals surface area contributed by atoms with Crippen LogP contribution in [0.1, 0.15) is 12.5 Å². The van der Waals surface area contributed by atoms with Crippen molar-refractivity contribution in [3.05, 3.63) is 35.0 Å². The zero-order valence-electron chi connectivity index (χ0n) is 9.77. The Hall–Kier alpha value is -1.00. The van der Waals surface area contributed by atoms with E-state index in [1.165, 1.54) is 0 Å². The number of hydrogen-bond acceptors (Lipinski definition) is 2. The Bertz CT molecular complexity index is 658. The highest BCUT2D eigenvalue weighted by Gasteiger charge is 2.14. The molecule has 1 aromatic heterocycles. The topological polar surface area (TPSA) is 39.1 Å². The van der Waals surface area contributed by atoms with Crippen molar-refractivity contribution < 1.29 is 8.42 Å². The van der Waals surface area contributed by atoms with Crippen LogP contribution in [0.15, 0.2) is 24.4 Å². The molecule has 2 aromatic rings. The maximum Gasteiger partial charge on any atom is 0.154 e. The number of sulfone groups is 1. The number of nitrogens with zero attached hydrogens (tertiary/aromatic N) is 1. The van der Waals surface area contributed by atoms with Crippen LogP contribution in [-0.2, 0) is 22.6 Å². The third-order valence-electron chi connectivity index (χ3n) is 2.85. The first-order valence-corrected chi connectivity index (χ1v) is 7.57. The van der Waals surface area contributed by atoms with E-state index in [9.17, 15) is 8.42 Å². The number of halogens is 1. The average Bonchev–Trinajstić information content (AvgIpc) is 2.55. The van der Waals surface area contributed by atoms with Gasteiger partial charge in [0.2, 0.25) is 0 Å². The molecule has 0 aliphatic rings. The van der Waals surface area contributed by atoms with E-state index in [-0.39, 0.29) is 11.5 Å². The van der Waals surface area contributed by atoms with Crippen LogP contribution in [-0.4, -0.2) is 18.7 Å². The fourth-order valence-electron chi connectivity index (χ4n) is 1.90. The predicted octanol–water partition coefficient (Wildman–Crippen LogP) is 2.77. The summed E-state index contributed by atoms with van der Waals surface area (Å²) < 4.78 is 25.3. The van der Waals surface area contributed by atoms with Crippen LogP contribution in [0.2, 0.25) is 5.02 Å². The second-order valence-corrected chi connectivity index (χ2v) is 6.89. The van der Waals surface area contributed by atoms with Crippen LogP contribution in [0, 0.1) is 0 Å². The lowest BCUT2D eigenvalue weighted by atomic mass is 10.2. The minimum absolute atomic E-state index is 0.0706. The van der Waals surface area contributed by atoms with Crippen molar-refractivity contribution in [3.63, 3.8) is 0 Å². The summed E-state index contributed by atoms with van der Waals surface area (Å²) in [4.78, 5) is 0. The molecular formula is C12H14ClNO2S. The van der Waals surface area contributed by atoms with Crippen molar-refractivity contribution in [3.8, 4) is 0 Å². The third kappa shape index (κ3) is 2.48. The van der Waals surface area contributed by atoms with E-state index in [0.29, 0.717) is 5.02 Å². The molecule has 0 fully saturated rings.